The predicted molar refractivity (Wildman–Crippen MR) is 221 cm³/mol. The molecule has 10 aromatic rings. The van der Waals surface area contributed by atoms with Crippen molar-refractivity contribution in [1.29, 1.82) is 0 Å². The third-order valence-electron chi connectivity index (χ3n) is 9.99. The van der Waals surface area contributed by atoms with Crippen LogP contribution in [0.3, 0.4) is 0 Å². The molecule has 0 fully saturated rings. The zero-order chi connectivity index (χ0) is 34.4. The maximum absolute atomic E-state index is 5.17. The van der Waals surface area contributed by atoms with Crippen LogP contribution in [-0.2, 0) is 0 Å². The van der Waals surface area contributed by atoms with Crippen LogP contribution >= 0.6 is 22.7 Å². The molecule has 0 bridgehead atoms. The van der Waals surface area contributed by atoms with E-state index in [1.165, 1.54) is 47.5 Å². The molecule has 4 nitrogen and oxygen atoms in total. The SMILES string of the molecule is C=Cc1nc(-c2cccc(-c3ccc4c(c3)c3c5scnc5cc5c6ccccc6n4c53)c2)nc(C(=C)c2sc3ccccc3c2C=C)c1C=C. The van der Waals surface area contributed by atoms with E-state index in [4.69, 9.17) is 15.0 Å². The smallest absolute Gasteiger partial charge is 0.160 e. The summed E-state index contributed by atoms with van der Waals surface area (Å²) in [7, 11) is 0. The van der Waals surface area contributed by atoms with Crippen molar-refractivity contribution < 1.29 is 0 Å². The second-order valence-electron chi connectivity index (χ2n) is 12.6. The Balaban J connectivity index is 1.14. The standard InChI is InChI=1S/C45H28N4S2/c1-5-29-32-16-9-11-18-39(32)51-43(29)25(4)41-30(6-2)35(7-3)47-45(48-41)28-14-12-13-26(21-28)27-19-20-38-34(22-27)40-42-33(23-36-44(40)50-24-46-36)31-15-8-10-17-37(31)49(38)42/h5-24H,1-4H2. The number of thiazole rings is 1. The van der Waals surface area contributed by atoms with Gasteiger partial charge < -0.3 is 4.40 Å². The molecule has 0 spiro atoms. The first-order valence-electron chi connectivity index (χ1n) is 16.6. The lowest BCUT2D eigenvalue weighted by atomic mass is 9.98. The molecule has 0 saturated carbocycles. The van der Waals surface area contributed by atoms with Crippen molar-refractivity contribution >= 4 is 105 Å². The van der Waals surface area contributed by atoms with Gasteiger partial charge in [-0.1, -0.05) is 99.1 Å². The fraction of sp³-hybridized carbons (Fsp3) is 0. The summed E-state index contributed by atoms with van der Waals surface area (Å²) in [6.45, 7) is 16.9. The second kappa shape index (κ2) is 11.2. The van der Waals surface area contributed by atoms with E-state index < -0.39 is 0 Å². The zero-order valence-electron chi connectivity index (χ0n) is 27.5. The van der Waals surface area contributed by atoms with Crippen LogP contribution in [0.1, 0.15) is 27.4 Å². The average Bonchev–Trinajstić information content (AvgIpc) is 3.96. The highest BCUT2D eigenvalue weighted by atomic mass is 32.1. The van der Waals surface area contributed by atoms with Crippen LogP contribution in [0.5, 0.6) is 0 Å². The first-order chi connectivity index (χ1) is 25.1. The topological polar surface area (TPSA) is 43.1 Å². The Labute approximate surface area is 301 Å². The van der Waals surface area contributed by atoms with Crippen LogP contribution in [0, 0.1) is 0 Å². The summed E-state index contributed by atoms with van der Waals surface area (Å²) in [6, 6.07) is 34.5. The number of fused-ring (bicyclic) bond motifs is 9. The van der Waals surface area contributed by atoms with E-state index in [1.54, 1.807) is 34.8 Å². The van der Waals surface area contributed by atoms with Gasteiger partial charge in [0.05, 0.1) is 43.7 Å². The number of hydrogen-bond acceptors (Lipinski definition) is 5. The molecule has 0 N–H and O–H groups in total. The molecule has 5 heterocycles. The van der Waals surface area contributed by atoms with E-state index in [9.17, 15) is 0 Å². The summed E-state index contributed by atoms with van der Waals surface area (Å²) in [4.78, 5) is 15.9. The van der Waals surface area contributed by atoms with Gasteiger partial charge in [0.2, 0.25) is 0 Å². The van der Waals surface area contributed by atoms with E-state index in [0.29, 0.717) is 11.5 Å². The van der Waals surface area contributed by atoms with Crippen molar-refractivity contribution in [2.24, 2.45) is 0 Å². The largest absolute Gasteiger partial charge is 0.308 e. The van der Waals surface area contributed by atoms with Gasteiger partial charge in [-0.25, -0.2) is 15.0 Å². The Hall–Kier alpha value is -6.21. The molecule has 51 heavy (non-hydrogen) atoms. The minimum Gasteiger partial charge on any atom is -0.308 e. The fourth-order valence-electron chi connectivity index (χ4n) is 7.70. The molecule has 10 rings (SSSR count). The lowest BCUT2D eigenvalue weighted by Crippen LogP contribution is -2.03. The molecular weight excluding hydrogens is 661 g/mol. The highest BCUT2D eigenvalue weighted by Crippen LogP contribution is 2.45. The van der Waals surface area contributed by atoms with Gasteiger partial charge in [-0.2, -0.15) is 0 Å². The van der Waals surface area contributed by atoms with Crippen LogP contribution in [0.15, 0.2) is 129 Å². The number of benzene rings is 5. The normalized spacial score (nSPS) is 11.8. The molecule has 0 radical (unpaired) electrons. The molecule has 0 aliphatic carbocycles. The van der Waals surface area contributed by atoms with Crippen molar-refractivity contribution in [3.8, 4) is 22.5 Å². The number of nitrogens with zero attached hydrogens (tertiary/aromatic N) is 4. The maximum Gasteiger partial charge on any atom is 0.160 e. The third kappa shape index (κ3) is 4.21. The van der Waals surface area contributed by atoms with Crippen molar-refractivity contribution in [2.45, 2.75) is 0 Å². The lowest BCUT2D eigenvalue weighted by molar-refractivity contribution is 1.13. The Kier molecular flexibility index (Phi) is 6.49. The lowest BCUT2D eigenvalue weighted by Gasteiger charge is -2.14. The molecular formula is C45H28N4S2. The van der Waals surface area contributed by atoms with Crippen molar-refractivity contribution in [3.05, 3.63) is 156 Å². The average molecular weight is 689 g/mol. The van der Waals surface area contributed by atoms with E-state index in [0.717, 1.165) is 54.9 Å². The summed E-state index contributed by atoms with van der Waals surface area (Å²) < 4.78 is 4.82. The molecule has 0 atom stereocenters. The summed E-state index contributed by atoms with van der Waals surface area (Å²) in [5.41, 5.74) is 13.9. The number of hydrogen-bond donors (Lipinski definition) is 0. The van der Waals surface area contributed by atoms with E-state index in [-0.39, 0.29) is 0 Å². The van der Waals surface area contributed by atoms with Crippen LogP contribution < -0.4 is 0 Å². The van der Waals surface area contributed by atoms with Crippen molar-refractivity contribution in [2.75, 3.05) is 0 Å². The first kappa shape index (κ1) is 29.7. The molecule has 0 amide bonds. The zero-order valence-corrected chi connectivity index (χ0v) is 29.1. The highest BCUT2D eigenvalue weighted by molar-refractivity contribution is 7.20. The van der Waals surface area contributed by atoms with Crippen molar-refractivity contribution in [1.82, 2.24) is 19.4 Å². The first-order valence-corrected chi connectivity index (χ1v) is 18.3. The summed E-state index contributed by atoms with van der Waals surface area (Å²) in [6.07, 6.45) is 5.47. The monoisotopic (exact) mass is 688 g/mol. The fourth-order valence-corrected chi connectivity index (χ4v) is 9.70. The van der Waals surface area contributed by atoms with Gasteiger partial charge in [0.25, 0.3) is 0 Å². The van der Waals surface area contributed by atoms with Gasteiger partial charge >= 0.3 is 0 Å². The molecule has 0 aliphatic rings. The van der Waals surface area contributed by atoms with Gasteiger partial charge in [0, 0.05) is 58.8 Å². The van der Waals surface area contributed by atoms with Gasteiger partial charge in [0.1, 0.15) is 0 Å². The summed E-state index contributed by atoms with van der Waals surface area (Å²) in [5, 5.41) is 6.13. The quantitative estimate of drug-likeness (QED) is 0.167. The van der Waals surface area contributed by atoms with E-state index >= 15 is 0 Å². The summed E-state index contributed by atoms with van der Waals surface area (Å²) in [5.74, 6) is 0.606. The van der Waals surface area contributed by atoms with Crippen LogP contribution in [-0.4, -0.2) is 19.4 Å². The number of aromatic nitrogens is 4. The van der Waals surface area contributed by atoms with E-state index in [1.807, 2.05) is 11.6 Å². The molecule has 240 valence electrons. The Morgan fingerprint density at radius 1 is 0.667 bits per heavy atom. The summed E-state index contributed by atoms with van der Waals surface area (Å²) >= 11 is 3.40. The number of para-hydroxylation sites is 1. The molecule has 0 unspecified atom stereocenters. The van der Waals surface area contributed by atoms with Gasteiger partial charge in [0.15, 0.2) is 5.82 Å². The molecule has 0 aliphatic heterocycles. The number of thiophene rings is 1. The minimum absolute atomic E-state index is 0.606. The van der Waals surface area contributed by atoms with Gasteiger partial charge in [-0.3, -0.25) is 0 Å². The van der Waals surface area contributed by atoms with Gasteiger partial charge in [-0.15, -0.1) is 22.7 Å². The van der Waals surface area contributed by atoms with Crippen molar-refractivity contribution in [3.63, 3.8) is 0 Å². The van der Waals surface area contributed by atoms with Crippen LogP contribution in [0.4, 0.5) is 0 Å². The molecule has 5 aromatic carbocycles. The maximum atomic E-state index is 5.17. The van der Waals surface area contributed by atoms with E-state index in [2.05, 4.69) is 128 Å². The minimum atomic E-state index is 0.606. The van der Waals surface area contributed by atoms with Crippen LogP contribution in [0.25, 0.3) is 105 Å². The van der Waals surface area contributed by atoms with Crippen LogP contribution in [0.2, 0.25) is 0 Å². The molecule has 5 aromatic heterocycles. The third-order valence-corrected chi connectivity index (χ3v) is 12.1. The number of rotatable bonds is 7. The Bertz CT molecular complexity index is 3120. The van der Waals surface area contributed by atoms with Gasteiger partial charge in [-0.05, 0) is 53.6 Å². The predicted octanol–water partition coefficient (Wildman–Crippen LogP) is 12.8. The second-order valence-corrected chi connectivity index (χ2v) is 14.5. The Morgan fingerprint density at radius 3 is 2.27 bits per heavy atom. The Morgan fingerprint density at radius 2 is 1.43 bits per heavy atom. The molecule has 6 heteroatoms. The molecule has 0 saturated heterocycles. The highest BCUT2D eigenvalue weighted by Gasteiger charge is 2.22.